The second-order valence-electron chi connectivity index (χ2n) is 4.52. The Kier molecular flexibility index (Phi) is 4.25. The molecule has 0 amide bonds. The van der Waals surface area contributed by atoms with Crippen molar-refractivity contribution in [1.82, 2.24) is 9.97 Å². The van der Waals surface area contributed by atoms with Gasteiger partial charge < -0.3 is 10.1 Å². The summed E-state index contributed by atoms with van der Waals surface area (Å²) in [5.41, 5.74) is 0. The SMILES string of the molecule is CCNc1nc(Oc2cccc(I)c2)c2cc(C)sc2n1. The summed E-state index contributed by atoms with van der Waals surface area (Å²) in [6.07, 6.45) is 0. The highest BCUT2D eigenvalue weighted by atomic mass is 127. The highest BCUT2D eigenvalue weighted by Crippen LogP contribution is 2.33. The normalized spacial score (nSPS) is 10.8. The summed E-state index contributed by atoms with van der Waals surface area (Å²) in [6.45, 7) is 4.86. The second-order valence-corrected chi connectivity index (χ2v) is 7.00. The molecule has 0 radical (unpaired) electrons. The first-order valence-corrected chi connectivity index (χ1v) is 8.50. The van der Waals surface area contributed by atoms with Gasteiger partial charge in [0.25, 0.3) is 0 Å². The number of fused-ring (bicyclic) bond motifs is 1. The number of ether oxygens (including phenoxy) is 1. The Labute approximate surface area is 140 Å². The van der Waals surface area contributed by atoms with Crippen molar-refractivity contribution in [3.63, 3.8) is 0 Å². The van der Waals surface area contributed by atoms with Gasteiger partial charge in [0.15, 0.2) is 0 Å². The molecule has 6 heteroatoms. The summed E-state index contributed by atoms with van der Waals surface area (Å²) in [6, 6.07) is 9.99. The Bertz CT molecular complexity index is 788. The summed E-state index contributed by atoms with van der Waals surface area (Å²) < 4.78 is 7.11. The Morgan fingerprint density at radius 3 is 2.90 bits per heavy atom. The third kappa shape index (κ3) is 3.26. The van der Waals surface area contributed by atoms with Gasteiger partial charge in [0.2, 0.25) is 11.8 Å². The molecule has 3 aromatic rings. The molecule has 2 heterocycles. The number of hydrogen-bond donors (Lipinski definition) is 1. The van der Waals surface area contributed by atoms with E-state index in [9.17, 15) is 0 Å². The topological polar surface area (TPSA) is 47.0 Å². The van der Waals surface area contributed by atoms with Crippen LogP contribution >= 0.6 is 33.9 Å². The van der Waals surface area contributed by atoms with Crippen LogP contribution < -0.4 is 10.1 Å². The third-order valence-corrected chi connectivity index (χ3v) is 4.44. The van der Waals surface area contributed by atoms with Gasteiger partial charge in [-0.05, 0) is 60.7 Å². The molecule has 1 N–H and O–H groups in total. The average molecular weight is 411 g/mol. The maximum Gasteiger partial charge on any atom is 0.232 e. The molecule has 21 heavy (non-hydrogen) atoms. The van der Waals surface area contributed by atoms with Crippen molar-refractivity contribution < 1.29 is 4.74 Å². The summed E-state index contributed by atoms with van der Waals surface area (Å²) in [4.78, 5) is 11.1. The van der Waals surface area contributed by atoms with Gasteiger partial charge in [-0.2, -0.15) is 4.98 Å². The van der Waals surface area contributed by atoms with Gasteiger partial charge in [0, 0.05) is 15.0 Å². The first-order valence-electron chi connectivity index (χ1n) is 6.61. The fraction of sp³-hybridized carbons (Fsp3) is 0.200. The lowest BCUT2D eigenvalue weighted by atomic mass is 10.3. The molecule has 0 spiro atoms. The maximum atomic E-state index is 5.98. The summed E-state index contributed by atoms with van der Waals surface area (Å²) in [7, 11) is 0. The van der Waals surface area contributed by atoms with E-state index in [0.29, 0.717) is 11.8 Å². The zero-order valence-electron chi connectivity index (χ0n) is 11.7. The Hall–Kier alpha value is -1.41. The van der Waals surface area contributed by atoms with Gasteiger partial charge in [0.1, 0.15) is 10.6 Å². The van der Waals surface area contributed by atoms with Crippen LogP contribution in [0.15, 0.2) is 30.3 Å². The van der Waals surface area contributed by atoms with E-state index in [1.54, 1.807) is 11.3 Å². The van der Waals surface area contributed by atoms with Crippen LogP contribution in [0.4, 0.5) is 5.95 Å². The minimum atomic E-state index is 0.599. The number of hydrogen-bond acceptors (Lipinski definition) is 5. The Balaban J connectivity index is 2.06. The smallest absolute Gasteiger partial charge is 0.232 e. The van der Waals surface area contributed by atoms with Crippen molar-refractivity contribution in [3.8, 4) is 11.6 Å². The Morgan fingerprint density at radius 1 is 1.29 bits per heavy atom. The molecule has 4 nitrogen and oxygen atoms in total. The van der Waals surface area contributed by atoms with E-state index in [1.165, 1.54) is 4.88 Å². The highest BCUT2D eigenvalue weighted by molar-refractivity contribution is 14.1. The lowest BCUT2D eigenvalue weighted by Crippen LogP contribution is -2.02. The van der Waals surface area contributed by atoms with Gasteiger partial charge in [0.05, 0.1) is 5.39 Å². The summed E-state index contributed by atoms with van der Waals surface area (Å²) in [5, 5.41) is 4.11. The molecule has 108 valence electrons. The standard InChI is InChI=1S/C15H14IN3OS/c1-3-17-15-18-13(12-7-9(2)21-14(12)19-15)20-11-6-4-5-10(16)8-11/h4-8H,3H2,1-2H3,(H,17,18,19). The number of rotatable bonds is 4. The van der Waals surface area contributed by atoms with Crippen molar-refractivity contribution in [1.29, 1.82) is 0 Å². The highest BCUT2D eigenvalue weighted by Gasteiger charge is 2.12. The van der Waals surface area contributed by atoms with Gasteiger partial charge in [-0.25, -0.2) is 4.98 Å². The van der Waals surface area contributed by atoms with E-state index in [4.69, 9.17) is 4.74 Å². The van der Waals surface area contributed by atoms with Crippen molar-refractivity contribution in [2.75, 3.05) is 11.9 Å². The van der Waals surface area contributed by atoms with Crippen LogP contribution in [-0.2, 0) is 0 Å². The van der Waals surface area contributed by atoms with E-state index >= 15 is 0 Å². The number of anilines is 1. The molecule has 0 fully saturated rings. The minimum absolute atomic E-state index is 0.599. The van der Waals surface area contributed by atoms with Crippen molar-refractivity contribution >= 4 is 50.1 Å². The van der Waals surface area contributed by atoms with E-state index in [1.807, 2.05) is 31.2 Å². The number of aryl methyl sites for hydroxylation is 1. The van der Waals surface area contributed by atoms with Crippen LogP contribution in [0.3, 0.4) is 0 Å². The predicted octanol–water partition coefficient (Wildman–Crippen LogP) is 4.83. The fourth-order valence-corrected chi connectivity index (χ4v) is 3.36. The van der Waals surface area contributed by atoms with Crippen LogP contribution in [0.5, 0.6) is 11.6 Å². The van der Waals surface area contributed by atoms with Gasteiger partial charge >= 0.3 is 0 Å². The molecule has 0 unspecified atom stereocenters. The molecular formula is C15H14IN3OS. The molecule has 3 rings (SSSR count). The second kappa shape index (κ2) is 6.15. The zero-order chi connectivity index (χ0) is 14.8. The van der Waals surface area contributed by atoms with Gasteiger partial charge in [-0.3, -0.25) is 0 Å². The van der Waals surface area contributed by atoms with Gasteiger partial charge in [-0.1, -0.05) is 6.07 Å². The van der Waals surface area contributed by atoms with Crippen LogP contribution in [-0.4, -0.2) is 16.5 Å². The van der Waals surface area contributed by atoms with E-state index in [2.05, 4.69) is 50.9 Å². The molecule has 0 saturated carbocycles. The van der Waals surface area contributed by atoms with Crippen molar-refractivity contribution in [2.45, 2.75) is 13.8 Å². The van der Waals surface area contributed by atoms with Crippen LogP contribution in [0.1, 0.15) is 11.8 Å². The van der Waals surface area contributed by atoms with Crippen molar-refractivity contribution in [3.05, 3.63) is 38.8 Å². The summed E-state index contributed by atoms with van der Waals surface area (Å²) >= 11 is 3.91. The number of benzene rings is 1. The number of nitrogens with one attached hydrogen (secondary N) is 1. The number of aromatic nitrogens is 2. The molecule has 1 aromatic carbocycles. The first-order chi connectivity index (χ1) is 10.2. The molecule has 0 bridgehead atoms. The Morgan fingerprint density at radius 2 is 2.14 bits per heavy atom. The molecule has 0 aliphatic carbocycles. The number of halogens is 1. The lowest BCUT2D eigenvalue weighted by Gasteiger charge is -2.08. The zero-order valence-corrected chi connectivity index (χ0v) is 14.7. The van der Waals surface area contributed by atoms with Crippen molar-refractivity contribution in [2.24, 2.45) is 0 Å². The number of nitrogens with zero attached hydrogens (tertiary/aromatic N) is 2. The molecule has 0 aliphatic heterocycles. The van der Waals surface area contributed by atoms with Crippen LogP contribution in [0.2, 0.25) is 0 Å². The quantitative estimate of drug-likeness (QED) is 0.625. The molecular weight excluding hydrogens is 397 g/mol. The molecule has 2 aromatic heterocycles. The largest absolute Gasteiger partial charge is 0.438 e. The fourth-order valence-electron chi connectivity index (χ4n) is 1.97. The van der Waals surface area contributed by atoms with E-state index < -0.39 is 0 Å². The number of thiophene rings is 1. The third-order valence-electron chi connectivity index (χ3n) is 2.83. The molecule has 0 atom stereocenters. The molecule has 0 saturated heterocycles. The maximum absolute atomic E-state index is 5.98. The average Bonchev–Trinajstić information content (AvgIpc) is 2.80. The van der Waals surface area contributed by atoms with Gasteiger partial charge in [-0.15, -0.1) is 11.3 Å². The summed E-state index contributed by atoms with van der Waals surface area (Å²) in [5.74, 6) is 1.99. The van der Waals surface area contributed by atoms with Crippen LogP contribution in [0, 0.1) is 10.5 Å². The molecule has 0 aliphatic rings. The predicted molar refractivity (Wildman–Crippen MR) is 95.5 cm³/mol. The first kappa shape index (κ1) is 14.5. The monoisotopic (exact) mass is 411 g/mol. The van der Waals surface area contributed by atoms with E-state index in [-0.39, 0.29) is 0 Å². The minimum Gasteiger partial charge on any atom is -0.438 e. The van der Waals surface area contributed by atoms with Crippen LogP contribution in [0.25, 0.3) is 10.2 Å². The van der Waals surface area contributed by atoms with E-state index in [0.717, 1.165) is 26.1 Å². The lowest BCUT2D eigenvalue weighted by molar-refractivity contribution is 0.469.